The number of phenolic OH excluding ortho intramolecular Hbond substituents is 1. The number of aromatic hydroxyl groups is 1. The van der Waals surface area contributed by atoms with Crippen molar-refractivity contribution in [3.8, 4) is 11.5 Å². The number of carbonyl (C=O) groups excluding carboxylic acids is 2. The van der Waals surface area contributed by atoms with E-state index >= 15 is 0 Å². The Morgan fingerprint density at radius 1 is 1.24 bits per heavy atom. The number of phenols is 1. The Balaban J connectivity index is 1.38. The number of aryl methyl sites for hydroxylation is 1. The Bertz CT molecular complexity index is 1070. The summed E-state index contributed by atoms with van der Waals surface area (Å²) in [4.78, 5) is 27.8. The second kappa shape index (κ2) is 7.87. The summed E-state index contributed by atoms with van der Waals surface area (Å²) in [5, 5.41) is 16.2. The van der Waals surface area contributed by atoms with Crippen LogP contribution in [-0.2, 0) is 11.2 Å². The van der Waals surface area contributed by atoms with Crippen molar-refractivity contribution in [2.75, 3.05) is 13.7 Å². The molecule has 4 N–H and O–H groups in total. The monoisotopic (exact) mass is 393 g/mol. The average molecular weight is 393 g/mol. The van der Waals surface area contributed by atoms with Gasteiger partial charge in [-0.05, 0) is 42.5 Å². The number of methoxy groups -OCH3 is 1. The number of hydrogen-bond acceptors (Lipinski definition) is 4. The Labute approximate surface area is 168 Å². The standard InChI is InChI=1S/C22H23N3O4/c1-29-20-11-17-14(10-19(20)26)9-18(24-17)22(28)23-12-21(27)25-16-8-4-6-13-5-2-3-7-15(13)16/h2-3,5,7,9-11,16,24,26H,4,6,8,12H2,1H3,(H,23,28)(H,25,27). The topological polar surface area (TPSA) is 103 Å². The maximum absolute atomic E-state index is 12.4. The van der Waals surface area contributed by atoms with Gasteiger partial charge in [-0.2, -0.15) is 0 Å². The largest absolute Gasteiger partial charge is 0.504 e. The number of amides is 2. The van der Waals surface area contributed by atoms with Gasteiger partial charge in [0.05, 0.1) is 19.7 Å². The number of carbonyl (C=O) groups is 2. The third-order valence-corrected chi connectivity index (χ3v) is 5.28. The fraction of sp³-hybridized carbons (Fsp3) is 0.273. The molecule has 0 saturated carbocycles. The first-order valence-corrected chi connectivity index (χ1v) is 9.60. The van der Waals surface area contributed by atoms with Crippen LogP contribution in [0.4, 0.5) is 0 Å². The van der Waals surface area contributed by atoms with Crippen LogP contribution in [-0.4, -0.2) is 35.6 Å². The fourth-order valence-electron chi connectivity index (χ4n) is 3.84. The molecule has 1 aromatic heterocycles. The molecule has 7 heteroatoms. The van der Waals surface area contributed by atoms with Gasteiger partial charge in [0, 0.05) is 17.0 Å². The number of aromatic nitrogens is 1. The SMILES string of the molecule is COc1cc2[nH]c(C(=O)NCC(=O)NC3CCCc4ccccc43)cc2cc1O. The zero-order chi connectivity index (χ0) is 20.4. The van der Waals surface area contributed by atoms with Crippen molar-refractivity contribution in [3.05, 3.63) is 59.3 Å². The molecule has 3 aromatic rings. The summed E-state index contributed by atoms with van der Waals surface area (Å²) in [5.41, 5.74) is 3.39. The zero-order valence-electron chi connectivity index (χ0n) is 16.1. The number of fused-ring (bicyclic) bond motifs is 2. The first kappa shape index (κ1) is 18.9. The third-order valence-electron chi connectivity index (χ3n) is 5.28. The number of H-pyrrole nitrogens is 1. The summed E-state index contributed by atoms with van der Waals surface area (Å²) in [6, 6.07) is 12.9. The molecule has 0 bridgehead atoms. The van der Waals surface area contributed by atoms with E-state index in [1.165, 1.54) is 18.7 Å². The number of rotatable bonds is 5. The Morgan fingerprint density at radius 3 is 2.90 bits per heavy atom. The van der Waals surface area contributed by atoms with E-state index in [2.05, 4.69) is 21.7 Å². The van der Waals surface area contributed by atoms with E-state index in [1.54, 1.807) is 12.1 Å². The van der Waals surface area contributed by atoms with Gasteiger partial charge >= 0.3 is 0 Å². The van der Waals surface area contributed by atoms with Gasteiger partial charge in [-0.25, -0.2) is 0 Å². The molecule has 2 aromatic carbocycles. The fourth-order valence-corrected chi connectivity index (χ4v) is 3.84. The van der Waals surface area contributed by atoms with Crippen molar-refractivity contribution >= 4 is 22.7 Å². The van der Waals surface area contributed by atoms with Crippen molar-refractivity contribution in [1.29, 1.82) is 0 Å². The van der Waals surface area contributed by atoms with Crippen molar-refractivity contribution in [1.82, 2.24) is 15.6 Å². The summed E-state index contributed by atoms with van der Waals surface area (Å²) in [5.74, 6) is -0.300. The lowest BCUT2D eigenvalue weighted by Gasteiger charge is -2.26. The van der Waals surface area contributed by atoms with Crippen molar-refractivity contribution in [3.63, 3.8) is 0 Å². The molecule has 1 aliphatic rings. The van der Waals surface area contributed by atoms with Crippen LogP contribution in [0.5, 0.6) is 11.5 Å². The van der Waals surface area contributed by atoms with E-state index < -0.39 is 0 Å². The summed E-state index contributed by atoms with van der Waals surface area (Å²) < 4.78 is 5.08. The molecule has 4 rings (SSSR count). The summed E-state index contributed by atoms with van der Waals surface area (Å²) in [6.07, 6.45) is 2.95. The van der Waals surface area contributed by atoms with Crippen molar-refractivity contribution in [2.45, 2.75) is 25.3 Å². The molecule has 7 nitrogen and oxygen atoms in total. The van der Waals surface area contributed by atoms with E-state index in [-0.39, 0.29) is 30.2 Å². The number of aromatic amines is 1. The molecule has 29 heavy (non-hydrogen) atoms. The Morgan fingerprint density at radius 2 is 2.07 bits per heavy atom. The molecular weight excluding hydrogens is 370 g/mol. The molecule has 0 spiro atoms. The molecule has 0 aliphatic heterocycles. The second-order valence-corrected chi connectivity index (χ2v) is 7.19. The van der Waals surface area contributed by atoms with Gasteiger partial charge in [-0.15, -0.1) is 0 Å². The lowest BCUT2D eigenvalue weighted by Crippen LogP contribution is -2.39. The van der Waals surface area contributed by atoms with Gasteiger partial charge in [0.25, 0.3) is 5.91 Å². The predicted octanol–water partition coefficient (Wildman–Crippen LogP) is 2.81. The van der Waals surface area contributed by atoms with Gasteiger partial charge in [-0.3, -0.25) is 9.59 Å². The van der Waals surface area contributed by atoms with E-state index in [0.29, 0.717) is 22.3 Å². The molecule has 0 radical (unpaired) electrons. The van der Waals surface area contributed by atoms with E-state index in [9.17, 15) is 14.7 Å². The highest BCUT2D eigenvalue weighted by atomic mass is 16.5. The average Bonchev–Trinajstić information content (AvgIpc) is 3.14. The minimum absolute atomic E-state index is 0.00176. The third kappa shape index (κ3) is 3.89. The van der Waals surface area contributed by atoms with Gasteiger partial charge in [0.1, 0.15) is 5.69 Å². The molecule has 0 saturated heterocycles. The van der Waals surface area contributed by atoms with Crippen LogP contribution in [0.1, 0.15) is 40.5 Å². The van der Waals surface area contributed by atoms with Gasteiger partial charge in [-0.1, -0.05) is 24.3 Å². The predicted molar refractivity (Wildman–Crippen MR) is 109 cm³/mol. The highest BCUT2D eigenvalue weighted by Crippen LogP contribution is 2.31. The number of benzene rings is 2. The summed E-state index contributed by atoms with van der Waals surface area (Å²) in [7, 11) is 1.46. The van der Waals surface area contributed by atoms with Crippen LogP contribution in [0.15, 0.2) is 42.5 Å². The quantitative estimate of drug-likeness (QED) is 0.535. The smallest absolute Gasteiger partial charge is 0.268 e. The number of nitrogens with one attached hydrogen (secondary N) is 3. The van der Waals surface area contributed by atoms with E-state index in [0.717, 1.165) is 24.8 Å². The van der Waals surface area contributed by atoms with Crippen molar-refractivity contribution in [2.24, 2.45) is 0 Å². The maximum atomic E-state index is 12.4. The summed E-state index contributed by atoms with van der Waals surface area (Å²) >= 11 is 0. The van der Waals surface area contributed by atoms with E-state index in [1.807, 2.05) is 18.2 Å². The Kier molecular flexibility index (Phi) is 5.12. The Hall–Kier alpha value is -3.48. The van der Waals surface area contributed by atoms with E-state index in [4.69, 9.17) is 4.74 Å². The van der Waals surface area contributed by atoms with Crippen LogP contribution in [0.2, 0.25) is 0 Å². The highest BCUT2D eigenvalue weighted by Gasteiger charge is 2.21. The lowest BCUT2D eigenvalue weighted by atomic mass is 9.88. The minimum Gasteiger partial charge on any atom is -0.504 e. The normalized spacial score (nSPS) is 15.6. The highest BCUT2D eigenvalue weighted by molar-refractivity contribution is 6.00. The molecule has 1 unspecified atom stereocenters. The number of hydrogen-bond donors (Lipinski definition) is 4. The van der Waals surface area contributed by atoms with Crippen LogP contribution in [0.25, 0.3) is 10.9 Å². The molecule has 1 heterocycles. The maximum Gasteiger partial charge on any atom is 0.268 e. The molecule has 0 fully saturated rings. The molecule has 2 amide bonds. The van der Waals surface area contributed by atoms with Crippen LogP contribution in [0, 0.1) is 0 Å². The molecule has 1 aliphatic carbocycles. The number of ether oxygens (including phenoxy) is 1. The second-order valence-electron chi connectivity index (χ2n) is 7.19. The van der Waals surface area contributed by atoms with Crippen LogP contribution >= 0.6 is 0 Å². The summed E-state index contributed by atoms with van der Waals surface area (Å²) in [6.45, 7) is -0.110. The lowest BCUT2D eigenvalue weighted by molar-refractivity contribution is -0.121. The van der Waals surface area contributed by atoms with Crippen LogP contribution in [0.3, 0.4) is 0 Å². The zero-order valence-corrected chi connectivity index (χ0v) is 16.1. The molecule has 150 valence electrons. The molecular formula is C22H23N3O4. The van der Waals surface area contributed by atoms with Crippen LogP contribution < -0.4 is 15.4 Å². The molecule has 1 atom stereocenters. The first-order chi connectivity index (χ1) is 14.0. The van der Waals surface area contributed by atoms with Gasteiger partial charge < -0.3 is 25.5 Å². The minimum atomic E-state index is -0.390. The van der Waals surface area contributed by atoms with Gasteiger partial charge in [0.2, 0.25) is 5.91 Å². The van der Waals surface area contributed by atoms with Gasteiger partial charge in [0.15, 0.2) is 11.5 Å². The first-order valence-electron chi connectivity index (χ1n) is 9.60. The van der Waals surface area contributed by atoms with Crippen molar-refractivity contribution < 1.29 is 19.4 Å².